The SMILES string of the molecule is COc1ccc(-c2ccc(N3CCN(S(=O)(=O)C(C)C)CC3)nn2)cc1. The lowest BCUT2D eigenvalue weighted by Crippen LogP contribution is -2.50. The van der Waals surface area contributed by atoms with Crippen LogP contribution in [-0.2, 0) is 10.0 Å². The first kappa shape index (κ1) is 18.6. The van der Waals surface area contributed by atoms with Crippen molar-refractivity contribution in [3.63, 3.8) is 0 Å². The Balaban J connectivity index is 1.66. The molecule has 2 aromatic rings. The van der Waals surface area contributed by atoms with Crippen LogP contribution in [0.1, 0.15) is 13.8 Å². The maximum Gasteiger partial charge on any atom is 0.216 e. The normalized spacial score (nSPS) is 16.1. The second-order valence-electron chi connectivity index (χ2n) is 6.49. The van der Waals surface area contributed by atoms with Gasteiger partial charge in [0.1, 0.15) is 5.75 Å². The third kappa shape index (κ3) is 3.81. The molecule has 0 aliphatic carbocycles. The zero-order chi connectivity index (χ0) is 18.7. The molecule has 0 atom stereocenters. The molecule has 0 saturated carbocycles. The van der Waals surface area contributed by atoms with Crippen LogP contribution < -0.4 is 9.64 Å². The molecule has 1 aromatic heterocycles. The quantitative estimate of drug-likeness (QED) is 0.795. The number of ether oxygens (including phenoxy) is 1. The van der Waals surface area contributed by atoms with Crippen molar-refractivity contribution in [1.29, 1.82) is 0 Å². The molecule has 0 amide bonds. The van der Waals surface area contributed by atoms with Crippen molar-refractivity contribution in [3.8, 4) is 17.0 Å². The molecule has 26 heavy (non-hydrogen) atoms. The summed E-state index contributed by atoms with van der Waals surface area (Å²) < 4.78 is 31.2. The van der Waals surface area contributed by atoms with Gasteiger partial charge >= 0.3 is 0 Å². The number of nitrogens with zero attached hydrogens (tertiary/aromatic N) is 4. The topological polar surface area (TPSA) is 75.6 Å². The highest BCUT2D eigenvalue weighted by atomic mass is 32.2. The van der Waals surface area contributed by atoms with Gasteiger partial charge in [-0.25, -0.2) is 8.42 Å². The molecule has 0 N–H and O–H groups in total. The van der Waals surface area contributed by atoms with Gasteiger partial charge in [0.15, 0.2) is 5.82 Å². The van der Waals surface area contributed by atoms with Gasteiger partial charge in [-0.1, -0.05) is 0 Å². The van der Waals surface area contributed by atoms with Crippen molar-refractivity contribution in [2.45, 2.75) is 19.1 Å². The molecule has 0 spiro atoms. The fourth-order valence-corrected chi connectivity index (χ4v) is 4.15. The number of benzene rings is 1. The third-order valence-electron chi connectivity index (χ3n) is 4.55. The van der Waals surface area contributed by atoms with Gasteiger partial charge in [0.2, 0.25) is 10.0 Å². The van der Waals surface area contributed by atoms with Crippen LogP contribution in [0.15, 0.2) is 36.4 Å². The van der Waals surface area contributed by atoms with E-state index in [1.54, 1.807) is 25.3 Å². The molecule has 1 aliphatic heterocycles. The summed E-state index contributed by atoms with van der Waals surface area (Å²) in [4.78, 5) is 2.07. The number of piperazine rings is 1. The molecule has 7 nitrogen and oxygen atoms in total. The van der Waals surface area contributed by atoms with E-state index < -0.39 is 15.3 Å². The fourth-order valence-electron chi connectivity index (χ4n) is 2.88. The lowest BCUT2D eigenvalue weighted by Gasteiger charge is -2.35. The standard InChI is InChI=1S/C18H24N4O3S/c1-14(2)26(23,24)22-12-10-21(11-13-22)18-9-8-17(19-20-18)15-4-6-16(25-3)7-5-15/h4-9,14H,10-13H2,1-3H3. The van der Waals surface area contributed by atoms with Crippen molar-refractivity contribution in [2.75, 3.05) is 38.2 Å². The predicted octanol–water partition coefficient (Wildman–Crippen LogP) is 2.01. The molecule has 2 heterocycles. The van der Waals surface area contributed by atoms with E-state index in [-0.39, 0.29) is 0 Å². The van der Waals surface area contributed by atoms with Crippen LogP contribution in [0.5, 0.6) is 5.75 Å². The average Bonchev–Trinajstić information content (AvgIpc) is 2.68. The number of aromatic nitrogens is 2. The van der Waals surface area contributed by atoms with Crippen LogP contribution in [0.2, 0.25) is 0 Å². The first-order valence-electron chi connectivity index (χ1n) is 8.64. The predicted molar refractivity (Wildman–Crippen MR) is 102 cm³/mol. The van der Waals surface area contributed by atoms with E-state index in [1.165, 1.54) is 0 Å². The van der Waals surface area contributed by atoms with E-state index >= 15 is 0 Å². The molecular formula is C18H24N4O3S. The summed E-state index contributed by atoms with van der Waals surface area (Å²) in [6.45, 7) is 5.60. The van der Waals surface area contributed by atoms with Gasteiger partial charge in [-0.3, -0.25) is 0 Å². The summed E-state index contributed by atoms with van der Waals surface area (Å²) in [6, 6.07) is 11.5. The Morgan fingerprint density at radius 1 is 0.962 bits per heavy atom. The monoisotopic (exact) mass is 376 g/mol. The van der Waals surface area contributed by atoms with Gasteiger partial charge in [0.05, 0.1) is 18.1 Å². The molecule has 0 unspecified atom stereocenters. The summed E-state index contributed by atoms with van der Waals surface area (Å²) in [5.74, 6) is 1.57. The molecule has 3 rings (SSSR count). The second-order valence-corrected chi connectivity index (χ2v) is 8.97. The largest absolute Gasteiger partial charge is 0.497 e. The van der Waals surface area contributed by atoms with E-state index in [0.29, 0.717) is 26.2 Å². The highest BCUT2D eigenvalue weighted by Gasteiger charge is 2.29. The average molecular weight is 376 g/mol. The molecule has 1 fully saturated rings. The fraction of sp³-hybridized carbons (Fsp3) is 0.444. The number of hydrogen-bond donors (Lipinski definition) is 0. The van der Waals surface area contributed by atoms with Crippen LogP contribution in [0.4, 0.5) is 5.82 Å². The van der Waals surface area contributed by atoms with E-state index in [1.807, 2.05) is 36.4 Å². The number of sulfonamides is 1. The smallest absolute Gasteiger partial charge is 0.216 e. The minimum atomic E-state index is -3.19. The lowest BCUT2D eigenvalue weighted by molar-refractivity contribution is 0.379. The first-order valence-corrected chi connectivity index (χ1v) is 10.1. The minimum absolute atomic E-state index is 0.391. The number of anilines is 1. The molecule has 1 aromatic carbocycles. The van der Waals surface area contributed by atoms with Crippen LogP contribution >= 0.6 is 0 Å². The Morgan fingerprint density at radius 3 is 2.12 bits per heavy atom. The summed E-state index contributed by atoms with van der Waals surface area (Å²) in [7, 11) is -1.56. The molecule has 0 bridgehead atoms. The Kier molecular flexibility index (Phi) is 5.43. The summed E-state index contributed by atoms with van der Waals surface area (Å²) in [5.41, 5.74) is 1.76. The van der Waals surface area contributed by atoms with Crippen LogP contribution in [-0.4, -0.2) is 61.5 Å². The van der Waals surface area contributed by atoms with Gasteiger partial charge in [0.25, 0.3) is 0 Å². The van der Waals surface area contributed by atoms with Crippen molar-refractivity contribution in [3.05, 3.63) is 36.4 Å². The molecule has 1 saturated heterocycles. The minimum Gasteiger partial charge on any atom is -0.497 e. The first-order chi connectivity index (χ1) is 12.4. The van der Waals surface area contributed by atoms with Crippen LogP contribution in [0, 0.1) is 0 Å². The van der Waals surface area contributed by atoms with Gasteiger partial charge in [-0.05, 0) is 50.2 Å². The van der Waals surface area contributed by atoms with Crippen molar-refractivity contribution in [1.82, 2.24) is 14.5 Å². The van der Waals surface area contributed by atoms with Gasteiger partial charge in [0, 0.05) is 31.7 Å². The maximum absolute atomic E-state index is 12.2. The maximum atomic E-state index is 12.2. The Bertz CT molecular complexity index is 828. The Morgan fingerprint density at radius 2 is 1.62 bits per heavy atom. The third-order valence-corrected chi connectivity index (χ3v) is 6.83. The summed E-state index contributed by atoms with van der Waals surface area (Å²) >= 11 is 0. The van der Waals surface area contributed by atoms with Gasteiger partial charge < -0.3 is 9.64 Å². The zero-order valence-corrected chi connectivity index (χ0v) is 16.1. The molecule has 1 aliphatic rings. The highest BCUT2D eigenvalue weighted by molar-refractivity contribution is 7.89. The molecule has 0 radical (unpaired) electrons. The van der Waals surface area contributed by atoms with Crippen molar-refractivity contribution in [2.24, 2.45) is 0 Å². The zero-order valence-electron chi connectivity index (χ0n) is 15.3. The summed E-state index contributed by atoms with van der Waals surface area (Å²) in [6.07, 6.45) is 0. The molecule has 140 valence electrons. The number of methoxy groups -OCH3 is 1. The second kappa shape index (κ2) is 7.59. The highest BCUT2D eigenvalue weighted by Crippen LogP contribution is 2.22. The number of hydrogen-bond acceptors (Lipinski definition) is 6. The van der Waals surface area contributed by atoms with Crippen LogP contribution in [0.25, 0.3) is 11.3 Å². The van der Waals surface area contributed by atoms with E-state index in [4.69, 9.17) is 4.74 Å². The van der Waals surface area contributed by atoms with Gasteiger partial charge in [-0.15, -0.1) is 10.2 Å². The van der Waals surface area contributed by atoms with E-state index in [0.717, 1.165) is 22.8 Å². The molecule has 8 heteroatoms. The van der Waals surface area contributed by atoms with E-state index in [2.05, 4.69) is 15.1 Å². The van der Waals surface area contributed by atoms with E-state index in [9.17, 15) is 8.42 Å². The van der Waals surface area contributed by atoms with Gasteiger partial charge in [-0.2, -0.15) is 4.31 Å². The molecular weight excluding hydrogens is 352 g/mol. The Hall–Kier alpha value is -2.19. The van der Waals surface area contributed by atoms with Crippen LogP contribution in [0.3, 0.4) is 0 Å². The lowest BCUT2D eigenvalue weighted by atomic mass is 10.1. The Labute approximate surface area is 154 Å². The van der Waals surface area contributed by atoms with Crippen molar-refractivity contribution >= 4 is 15.8 Å². The summed E-state index contributed by atoms with van der Waals surface area (Å²) in [5, 5.41) is 8.24. The van der Waals surface area contributed by atoms with Crippen molar-refractivity contribution < 1.29 is 13.2 Å². The number of rotatable bonds is 5.